The average Bonchev–Trinajstić information content (AvgIpc) is 3.34. The van der Waals surface area contributed by atoms with Crippen molar-refractivity contribution < 1.29 is 9.21 Å². The molecule has 1 aliphatic rings. The second kappa shape index (κ2) is 12.2. The Balaban J connectivity index is 1.44. The van der Waals surface area contributed by atoms with E-state index in [2.05, 4.69) is 20.5 Å². The Labute approximate surface area is 185 Å². The Morgan fingerprint density at radius 2 is 1.90 bits per heavy atom. The first-order valence-electron chi connectivity index (χ1n) is 11.2. The summed E-state index contributed by atoms with van der Waals surface area (Å²) in [7, 11) is 3.59. The lowest BCUT2D eigenvalue weighted by Crippen LogP contribution is -2.45. The number of guanidine groups is 1. The van der Waals surface area contributed by atoms with Crippen LogP contribution in [0.5, 0.6) is 0 Å². The van der Waals surface area contributed by atoms with Gasteiger partial charge in [-0.1, -0.05) is 36.8 Å². The summed E-state index contributed by atoms with van der Waals surface area (Å²) in [6.45, 7) is 4.03. The minimum absolute atomic E-state index is 0.105. The number of benzene rings is 1. The van der Waals surface area contributed by atoms with Crippen LogP contribution >= 0.6 is 0 Å². The van der Waals surface area contributed by atoms with E-state index in [1.807, 2.05) is 49.5 Å². The van der Waals surface area contributed by atoms with Crippen LogP contribution in [0.1, 0.15) is 43.0 Å². The number of furan rings is 1. The van der Waals surface area contributed by atoms with Crippen molar-refractivity contribution in [3.8, 4) is 0 Å². The third-order valence-electron chi connectivity index (χ3n) is 5.71. The van der Waals surface area contributed by atoms with Crippen LogP contribution in [-0.4, -0.2) is 61.9 Å². The number of aliphatic imine (C=N–C) groups is 1. The second-order valence-corrected chi connectivity index (χ2v) is 7.99. The molecule has 1 fully saturated rings. The highest BCUT2D eigenvalue weighted by Crippen LogP contribution is 2.24. The summed E-state index contributed by atoms with van der Waals surface area (Å²) in [5.74, 6) is 1.78. The number of nitrogens with one attached hydrogen (secondary N) is 2. The first-order chi connectivity index (χ1) is 15.2. The molecule has 1 aromatic heterocycles. The van der Waals surface area contributed by atoms with Gasteiger partial charge in [0.15, 0.2) is 5.96 Å². The van der Waals surface area contributed by atoms with Crippen molar-refractivity contribution in [2.75, 3.05) is 40.3 Å². The predicted octanol–water partition coefficient (Wildman–Crippen LogP) is 3.02. The highest BCUT2D eigenvalue weighted by Gasteiger charge is 2.24. The molecule has 3 rings (SSSR count). The molecule has 1 saturated heterocycles. The normalized spacial score (nSPS) is 16.0. The molecule has 1 atom stereocenters. The van der Waals surface area contributed by atoms with Crippen molar-refractivity contribution in [1.29, 1.82) is 0 Å². The maximum atomic E-state index is 12.5. The zero-order chi connectivity index (χ0) is 21.9. The van der Waals surface area contributed by atoms with E-state index < -0.39 is 0 Å². The Bertz CT molecular complexity index is 801. The van der Waals surface area contributed by atoms with Crippen LogP contribution in [0.2, 0.25) is 0 Å². The van der Waals surface area contributed by atoms with Gasteiger partial charge in [-0.15, -0.1) is 0 Å². The smallest absolute Gasteiger partial charge is 0.224 e. The van der Waals surface area contributed by atoms with Gasteiger partial charge >= 0.3 is 0 Å². The summed E-state index contributed by atoms with van der Waals surface area (Å²) in [5.41, 5.74) is 1.13. The highest BCUT2D eigenvalue weighted by molar-refractivity contribution is 5.81. The minimum atomic E-state index is 0.105. The first-order valence-corrected chi connectivity index (χ1v) is 11.2. The van der Waals surface area contributed by atoms with E-state index in [-0.39, 0.29) is 11.9 Å². The van der Waals surface area contributed by atoms with Gasteiger partial charge in [-0.3, -0.25) is 14.7 Å². The maximum absolute atomic E-state index is 12.5. The number of rotatable bonds is 9. The molecule has 168 valence electrons. The fourth-order valence-electron chi connectivity index (χ4n) is 3.96. The SMILES string of the molecule is CN=C(NCCC(=O)N(C)Cc1ccccc1)NCC(c1ccco1)N1CCCCC1. The third kappa shape index (κ3) is 7.14. The van der Waals surface area contributed by atoms with Gasteiger partial charge in [0.05, 0.1) is 12.3 Å². The average molecular weight is 426 g/mol. The lowest BCUT2D eigenvalue weighted by molar-refractivity contribution is -0.130. The summed E-state index contributed by atoms with van der Waals surface area (Å²) >= 11 is 0. The number of amides is 1. The minimum Gasteiger partial charge on any atom is -0.468 e. The molecule has 1 aliphatic heterocycles. The summed E-state index contributed by atoms with van der Waals surface area (Å²) in [5, 5.41) is 6.68. The molecule has 0 saturated carbocycles. The molecule has 31 heavy (non-hydrogen) atoms. The lowest BCUT2D eigenvalue weighted by atomic mass is 10.1. The van der Waals surface area contributed by atoms with Gasteiger partial charge < -0.3 is 20.0 Å². The number of piperidine rings is 1. The zero-order valence-electron chi connectivity index (χ0n) is 18.7. The molecule has 0 aliphatic carbocycles. The summed E-state index contributed by atoms with van der Waals surface area (Å²) in [6.07, 6.45) is 5.89. The van der Waals surface area contributed by atoms with E-state index in [4.69, 9.17) is 4.42 Å². The van der Waals surface area contributed by atoms with Crippen molar-refractivity contribution >= 4 is 11.9 Å². The molecular formula is C24H35N5O2. The predicted molar refractivity (Wildman–Crippen MR) is 124 cm³/mol. The van der Waals surface area contributed by atoms with Gasteiger partial charge in [-0.25, -0.2) is 0 Å². The van der Waals surface area contributed by atoms with Gasteiger partial charge in [0.1, 0.15) is 5.76 Å². The molecule has 7 heteroatoms. The van der Waals surface area contributed by atoms with Crippen molar-refractivity contribution in [3.63, 3.8) is 0 Å². The van der Waals surface area contributed by atoms with Crippen LogP contribution < -0.4 is 10.6 Å². The van der Waals surface area contributed by atoms with E-state index in [9.17, 15) is 4.79 Å². The van der Waals surface area contributed by atoms with Crippen LogP contribution in [0.25, 0.3) is 0 Å². The van der Waals surface area contributed by atoms with Gasteiger partial charge in [0.2, 0.25) is 5.91 Å². The molecule has 1 aromatic carbocycles. The van der Waals surface area contributed by atoms with Crippen LogP contribution in [0.4, 0.5) is 0 Å². The second-order valence-electron chi connectivity index (χ2n) is 7.99. The first kappa shape index (κ1) is 22.9. The third-order valence-corrected chi connectivity index (χ3v) is 5.71. The van der Waals surface area contributed by atoms with Crippen molar-refractivity contribution in [3.05, 3.63) is 60.1 Å². The quantitative estimate of drug-likeness (QED) is 0.477. The molecular weight excluding hydrogens is 390 g/mol. The Morgan fingerprint density at radius 1 is 1.13 bits per heavy atom. The molecule has 0 spiro atoms. The number of carbonyl (C=O) groups excluding carboxylic acids is 1. The lowest BCUT2D eigenvalue weighted by Gasteiger charge is -2.33. The van der Waals surface area contributed by atoms with Crippen LogP contribution in [0, 0.1) is 0 Å². The number of likely N-dealkylation sites (tertiary alicyclic amines) is 1. The monoisotopic (exact) mass is 425 g/mol. The van der Waals surface area contributed by atoms with E-state index in [1.54, 1.807) is 18.2 Å². The topological polar surface area (TPSA) is 73.1 Å². The Kier molecular flexibility index (Phi) is 8.97. The van der Waals surface area contributed by atoms with E-state index in [1.165, 1.54) is 19.3 Å². The zero-order valence-corrected chi connectivity index (χ0v) is 18.7. The van der Waals surface area contributed by atoms with Crippen molar-refractivity contribution in [1.82, 2.24) is 20.4 Å². The van der Waals surface area contributed by atoms with Crippen molar-refractivity contribution in [2.45, 2.75) is 38.3 Å². The molecule has 1 amide bonds. The van der Waals surface area contributed by atoms with E-state index >= 15 is 0 Å². The van der Waals surface area contributed by atoms with Crippen molar-refractivity contribution in [2.24, 2.45) is 4.99 Å². The molecule has 0 radical (unpaired) electrons. The van der Waals surface area contributed by atoms with Gasteiger partial charge in [0, 0.05) is 40.2 Å². The molecule has 7 nitrogen and oxygen atoms in total. The standard InChI is InChI=1S/C24H35N5O2/c1-25-24(26-14-13-23(30)28(2)19-20-10-5-3-6-11-20)27-18-21(22-12-9-17-31-22)29-15-7-4-8-16-29/h3,5-6,9-12,17,21H,4,7-8,13-16,18-19H2,1-2H3,(H2,25,26,27). The number of hydrogen-bond donors (Lipinski definition) is 2. The Morgan fingerprint density at radius 3 is 2.58 bits per heavy atom. The Hall–Kier alpha value is -2.80. The van der Waals surface area contributed by atoms with Gasteiger partial charge in [-0.2, -0.15) is 0 Å². The summed E-state index contributed by atoms with van der Waals surface area (Å²) in [4.78, 5) is 21.0. The molecule has 1 unspecified atom stereocenters. The largest absolute Gasteiger partial charge is 0.468 e. The van der Waals surface area contributed by atoms with E-state index in [0.717, 1.165) is 24.4 Å². The van der Waals surface area contributed by atoms with E-state index in [0.29, 0.717) is 32.0 Å². The molecule has 2 aromatic rings. The van der Waals surface area contributed by atoms with Crippen LogP contribution in [-0.2, 0) is 11.3 Å². The molecule has 2 heterocycles. The fourth-order valence-corrected chi connectivity index (χ4v) is 3.96. The maximum Gasteiger partial charge on any atom is 0.224 e. The van der Waals surface area contributed by atoms with Crippen LogP contribution in [0.3, 0.4) is 0 Å². The number of carbonyl (C=O) groups is 1. The highest BCUT2D eigenvalue weighted by atomic mass is 16.3. The number of hydrogen-bond acceptors (Lipinski definition) is 4. The summed E-state index contributed by atoms with van der Waals surface area (Å²) in [6, 6.07) is 14.2. The van der Waals surface area contributed by atoms with Gasteiger partial charge in [0.25, 0.3) is 0 Å². The molecule has 0 bridgehead atoms. The fraction of sp³-hybridized carbons (Fsp3) is 0.500. The molecule has 2 N–H and O–H groups in total. The summed E-state index contributed by atoms with van der Waals surface area (Å²) < 4.78 is 5.71. The van der Waals surface area contributed by atoms with Crippen LogP contribution in [0.15, 0.2) is 58.1 Å². The number of nitrogens with zero attached hydrogens (tertiary/aromatic N) is 3. The van der Waals surface area contributed by atoms with Gasteiger partial charge in [-0.05, 0) is 43.6 Å².